The molecule has 0 aliphatic carbocycles. The van der Waals surface area contributed by atoms with Crippen LogP contribution < -0.4 is 5.32 Å². The van der Waals surface area contributed by atoms with Crippen LogP contribution in [0.15, 0.2) is 53.0 Å². The van der Waals surface area contributed by atoms with Gasteiger partial charge in [-0.15, -0.1) is 0 Å². The van der Waals surface area contributed by atoms with E-state index in [1.807, 2.05) is 24.3 Å². The van der Waals surface area contributed by atoms with Crippen molar-refractivity contribution in [2.24, 2.45) is 0 Å². The summed E-state index contributed by atoms with van der Waals surface area (Å²) in [5.74, 6) is 0. The molecule has 0 fully saturated rings. The number of halogens is 1. The molecule has 1 N–H and O–H groups in total. The zero-order valence-corrected chi connectivity index (χ0v) is 12.2. The van der Waals surface area contributed by atoms with E-state index in [1.165, 1.54) is 5.56 Å². The molecule has 0 amide bonds. The van der Waals surface area contributed by atoms with Crippen molar-refractivity contribution in [3.8, 4) is 6.07 Å². The van der Waals surface area contributed by atoms with Crippen LogP contribution >= 0.6 is 15.9 Å². The lowest BCUT2D eigenvalue weighted by molar-refractivity contribution is 0.862. The summed E-state index contributed by atoms with van der Waals surface area (Å²) >= 11 is 3.39. The van der Waals surface area contributed by atoms with Gasteiger partial charge in [0, 0.05) is 11.0 Å². The fourth-order valence-corrected chi connectivity index (χ4v) is 2.40. The van der Waals surface area contributed by atoms with E-state index in [4.69, 9.17) is 5.26 Å². The number of nitrogens with zero attached hydrogens (tertiary/aromatic N) is 1. The Hall–Kier alpha value is -1.79. The Bertz CT molecular complexity index is 573. The molecule has 0 heterocycles. The molecule has 2 aromatic carbocycles. The third-order valence-corrected chi connectivity index (χ3v) is 3.59. The second-order valence-electron chi connectivity index (χ2n) is 4.29. The van der Waals surface area contributed by atoms with Gasteiger partial charge in [-0.2, -0.15) is 5.26 Å². The number of aryl methyl sites for hydroxylation is 1. The van der Waals surface area contributed by atoms with Crippen LogP contribution in [0.4, 0.5) is 5.69 Å². The van der Waals surface area contributed by atoms with Crippen LogP contribution in [0.1, 0.15) is 17.5 Å². The number of nitriles is 1. The van der Waals surface area contributed by atoms with E-state index < -0.39 is 0 Å². The maximum atomic E-state index is 9.11. The zero-order chi connectivity index (χ0) is 13.5. The third-order valence-electron chi connectivity index (χ3n) is 2.93. The normalized spacial score (nSPS) is 9.89. The molecule has 0 aliphatic rings. The molecule has 0 spiro atoms. The van der Waals surface area contributed by atoms with Crippen LogP contribution in [0, 0.1) is 11.3 Å². The maximum absolute atomic E-state index is 9.11. The van der Waals surface area contributed by atoms with Crippen LogP contribution in [0.5, 0.6) is 0 Å². The van der Waals surface area contributed by atoms with Crippen molar-refractivity contribution in [3.63, 3.8) is 0 Å². The minimum Gasteiger partial charge on any atom is -0.384 e. The van der Waals surface area contributed by atoms with E-state index in [-0.39, 0.29) is 0 Å². The molecule has 19 heavy (non-hydrogen) atoms. The summed E-state index contributed by atoms with van der Waals surface area (Å²) < 4.78 is 0.836. The van der Waals surface area contributed by atoms with Crippen LogP contribution in [-0.4, -0.2) is 6.54 Å². The van der Waals surface area contributed by atoms with E-state index in [1.54, 1.807) is 0 Å². The first-order valence-electron chi connectivity index (χ1n) is 6.27. The van der Waals surface area contributed by atoms with Crippen LogP contribution in [0.25, 0.3) is 0 Å². The highest BCUT2D eigenvalue weighted by atomic mass is 79.9. The molecule has 3 heteroatoms. The summed E-state index contributed by atoms with van der Waals surface area (Å²) in [4.78, 5) is 0. The number of hydrogen-bond donors (Lipinski definition) is 1. The zero-order valence-electron chi connectivity index (χ0n) is 10.6. The van der Waals surface area contributed by atoms with Crippen molar-refractivity contribution in [2.45, 2.75) is 12.8 Å². The first kappa shape index (κ1) is 13.6. The summed E-state index contributed by atoms with van der Waals surface area (Å²) in [6.07, 6.45) is 2.09. The van der Waals surface area contributed by atoms with Gasteiger partial charge < -0.3 is 5.32 Å². The van der Waals surface area contributed by atoms with Gasteiger partial charge in [-0.1, -0.05) is 36.4 Å². The van der Waals surface area contributed by atoms with Crippen molar-refractivity contribution in [3.05, 3.63) is 64.1 Å². The van der Waals surface area contributed by atoms with Crippen LogP contribution in [-0.2, 0) is 6.42 Å². The fourth-order valence-electron chi connectivity index (χ4n) is 1.95. The Morgan fingerprint density at radius 3 is 2.58 bits per heavy atom. The molecule has 0 saturated heterocycles. The lowest BCUT2D eigenvalue weighted by Gasteiger charge is -2.09. The topological polar surface area (TPSA) is 35.8 Å². The van der Waals surface area contributed by atoms with E-state index in [9.17, 15) is 0 Å². The Kier molecular flexibility index (Phi) is 5.00. The van der Waals surface area contributed by atoms with Gasteiger partial charge in [0.2, 0.25) is 0 Å². The van der Waals surface area contributed by atoms with E-state index in [2.05, 4.69) is 51.6 Å². The third kappa shape index (κ3) is 3.84. The molecule has 0 aliphatic heterocycles. The van der Waals surface area contributed by atoms with Crippen LogP contribution in [0.3, 0.4) is 0 Å². The summed E-state index contributed by atoms with van der Waals surface area (Å²) in [5, 5.41) is 12.4. The molecule has 0 aromatic heterocycles. The monoisotopic (exact) mass is 314 g/mol. The van der Waals surface area contributed by atoms with Gasteiger partial charge in [-0.3, -0.25) is 0 Å². The van der Waals surface area contributed by atoms with Crippen molar-refractivity contribution >= 4 is 21.6 Å². The number of nitrogens with one attached hydrogen (secondary N) is 1. The van der Waals surface area contributed by atoms with Crippen molar-refractivity contribution in [1.29, 1.82) is 5.26 Å². The van der Waals surface area contributed by atoms with Gasteiger partial charge in [0.15, 0.2) is 0 Å². The molecule has 96 valence electrons. The Morgan fingerprint density at radius 2 is 1.84 bits per heavy atom. The van der Waals surface area contributed by atoms with Gasteiger partial charge in [-0.05, 0) is 46.5 Å². The molecular weight excluding hydrogens is 300 g/mol. The molecule has 0 unspecified atom stereocenters. The Labute approximate surface area is 122 Å². The summed E-state index contributed by atoms with van der Waals surface area (Å²) in [5.41, 5.74) is 2.91. The first-order chi connectivity index (χ1) is 9.31. The predicted octanol–water partition coefficient (Wildman–Crippen LogP) is 4.37. The lowest BCUT2D eigenvalue weighted by Crippen LogP contribution is -2.04. The summed E-state index contributed by atoms with van der Waals surface area (Å²) in [7, 11) is 0. The molecule has 2 nitrogen and oxygen atoms in total. The van der Waals surface area contributed by atoms with Crippen LogP contribution in [0.2, 0.25) is 0 Å². The number of benzene rings is 2. The second kappa shape index (κ2) is 6.96. The van der Waals surface area contributed by atoms with Gasteiger partial charge in [-0.25, -0.2) is 0 Å². The molecule has 2 aromatic rings. The molecule has 0 saturated carbocycles. The van der Waals surface area contributed by atoms with Gasteiger partial charge in [0.25, 0.3) is 0 Å². The molecule has 0 atom stereocenters. The smallest absolute Gasteiger partial charge is 0.103 e. The largest absolute Gasteiger partial charge is 0.384 e. The fraction of sp³-hybridized carbons (Fsp3) is 0.188. The number of hydrogen-bond acceptors (Lipinski definition) is 2. The van der Waals surface area contributed by atoms with E-state index >= 15 is 0 Å². The Morgan fingerprint density at radius 1 is 1.05 bits per heavy atom. The average molecular weight is 315 g/mol. The van der Waals surface area contributed by atoms with Gasteiger partial charge in [0.1, 0.15) is 6.07 Å². The van der Waals surface area contributed by atoms with Crippen molar-refractivity contribution < 1.29 is 0 Å². The van der Waals surface area contributed by atoms with Gasteiger partial charge >= 0.3 is 0 Å². The Balaban J connectivity index is 1.87. The van der Waals surface area contributed by atoms with Gasteiger partial charge in [0.05, 0.1) is 11.3 Å². The summed E-state index contributed by atoms with van der Waals surface area (Å²) in [6, 6.07) is 18.4. The van der Waals surface area contributed by atoms with Crippen molar-refractivity contribution in [1.82, 2.24) is 0 Å². The molecule has 2 rings (SSSR count). The average Bonchev–Trinajstić information content (AvgIpc) is 2.45. The standard InChI is InChI=1S/C16H15BrN2/c17-15-9-4-10-16(14(15)12-18)19-11-5-8-13-6-2-1-3-7-13/h1-4,6-7,9-10,19H,5,8,11H2. The highest BCUT2D eigenvalue weighted by molar-refractivity contribution is 9.10. The predicted molar refractivity (Wildman–Crippen MR) is 82.1 cm³/mol. The molecular formula is C16H15BrN2. The lowest BCUT2D eigenvalue weighted by atomic mass is 10.1. The number of rotatable bonds is 5. The highest BCUT2D eigenvalue weighted by Gasteiger charge is 2.04. The first-order valence-corrected chi connectivity index (χ1v) is 7.07. The molecule has 0 radical (unpaired) electrons. The SMILES string of the molecule is N#Cc1c(Br)cccc1NCCCc1ccccc1. The number of anilines is 1. The minimum absolute atomic E-state index is 0.669. The molecule has 0 bridgehead atoms. The summed E-state index contributed by atoms with van der Waals surface area (Å²) in [6.45, 7) is 0.861. The maximum Gasteiger partial charge on any atom is 0.103 e. The van der Waals surface area contributed by atoms with Crippen molar-refractivity contribution in [2.75, 3.05) is 11.9 Å². The quantitative estimate of drug-likeness (QED) is 0.832. The minimum atomic E-state index is 0.669. The second-order valence-corrected chi connectivity index (χ2v) is 5.14. The van der Waals surface area contributed by atoms with E-state index in [0.717, 1.165) is 29.5 Å². The highest BCUT2D eigenvalue weighted by Crippen LogP contribution is 2.23. The van der Waals surface area contributed by atoms with E-state index in [0.29, 0.717) is 5.56 Å².